The van der Waals surface area contributed by atoms with Crippen molar-refractivity contribution in [1.29, 1.82) is 0 Å². The highest BCUT2D eigenvalue weighted by Crippen LogP contribution is 2.26. The molecule has 0 fully saturated rings. The van der Waals surface area contributed by atoms with Gasteiger partial charge in [-0.2, -0.15) is 0 Å². The van der Waals surface area contributed by atoms with Crippen molar-refractivity contribution >= 4 is 29.0 Å². The second-order valence-electron chi connectivity index (χ2n) is 5.95. The monoisotopic (exact) mass is 399 g/mol. The first-order valence-electron chi connectivity index (χ1n) is 8.48. The minimum Gasteiger partial charge on any atom is -0.383 e. The lowest BCUT2D eigenvalue weighted by Crippen LogP contribution is -2.07. The quantitative estimate of drug-likeness (QED) is 0.436. The smallest absolute Gasteiger partial charge is 0.191 e. The van der Waals surface area contributed by atoms with Crippen LogP contribution in [0.4, 0.5) is 0 Å². The highest BCUT2D eigenvalue weighted by atomic mass is 35.5. The van der Waals surface area contributed by atoms with Crippen molar-refractivity contribution in [2.24, 2.45) is 0 Å². The van der Waals surface area contributed by atoms with E-state index < -0.39 is 0 Å². The molecule has 0 radical (unpaired) electrons. The molecule has 27 heavy (non-hydrogen) atoms. The van der Waals surface area contributed by atoms with Crippen molar-refractivity contribution in [2.75, 3.05) is 13.7 Å². The number of thioether (sulfide) groups is 1. The molecule has 0 aliphatic heterocycles. The van der Waals surface area contributed by atoms with E-state index in [4.69, 9.17) is 16.3 Å². The molecule has 0 aliphatic carbocycles. The number of aromatic nitrogens is 5. The average molecular weight is 400 g/mol. The number of methoxy groups -OCH3 is 1. The van der Waals surface area contributed by atoms with Gasteiger partial charge in [-0.1, -0.05) is 53.7 Å². The molecule has 0 saturated heterocycles. The number of fused-ring (bicyclic) bond motifs is 1. The van der Waals surface area contributed by atoms with E-state index in [-0.39, 0.29) is 0 Å². The fourth-order valence-electron chi connectivity index (χ4n) is 2.81. The van der Waals surface area contributed by atoms with Crippen LogP contribution < -0.4 is 0 Å². The Morgan fingerprint density at radius 3 is 2.74 bits per heavy atom. The van der Waals surface area contributed by atoms with Gasteiger partial charge in [-0.25, -0.2) is 4.98 Å². The van der Waals surface area contributed by atoms with Crippen molar-refractivity contribution in [2.45, 2.75) is 17.5 Å². The first-order chi connectivity index (χ1) is 13.2. The number of imidazole rings is 1. The van der Waals surface area contributed by atoms with Crippen LogP contribution >= 0.6 is 23.4 Å². The van der Waals surface area contributed by atoms with E-state index in [9.17, 15) is 0 Å². The summed E-state index contributed by atoms with van der Waals surface area (Å²) in [6, 6.07) is 13.8. The number of hydrogen-bond donors (Lipinski definition) is 0. The minimum atomic E-state index is 0.596. The number of nitrogens with zero attached hydrogens (tertiary/aromatic N) is 5. The lowest BCUT2D eigenvalue weighted by Gasteiger charge is -2.09. The number of hydrogen-bond acceptors (Lipinski definition) is 5. The van der Waals surface area contributed by atoms with E-state index in [0.29, 0.717) is 23.9 Å². The molecule has 0 bridgehead atoms. The van der Waals surface area contributed by atoms with E-state index in [1.165, 1.54) is 0 Å². The zero-order chi connectivity index (χ0) is 18.6. The summed E-state index contributed by atoms with van der Waals surface area (Å²) < 4.78 is 9.29. The summed E-state index contributed by atoms with van der Waals surface area (Å²) in [6.07, 6.45) is 3.84. The number of pyridine rings is 1. The Kier molecular flexibility index (Phi) is 5.42. The van der Waals surface area contributed by atoms with E-state index >= 15 is 0 Å². The molecule has 138 valence electrons. The molecule has 4 rings (SSSR count). The predicted molar refractivity (Wildman–Crippen MR) is 107 cm³/mol. The molecule has 0 unspecified atom stereocenters. The molecule has 1 aromatic carbocycles. The van der Waals surface area contributed by atoms with E-state index in [2.05, 4.69) is 19.7 Å². The number of rotatable bonds is 7. The van der Waals surface area contributed by atoms with Crippen molar-refractivity contribution in [3.05, 3.63) is 65.6 Å². The Bertz CT molecular complexity index is 1050. The molecule has 0 atom stereocenters. The molecule has 3 aromatic heterocycles. The Morgan fingerprint density at radius 1 is 1.07 bits per heavy atom. The van der Waals surface area contributed by atoms with Crippen LogP contribution in [0.3, 0.4) is 0 Å². The first-order valence-corrected chi connectivity index (χ1v) is 9.84. The van der Waals surface area contributed by atoms with Crippen molar-refractivity contribution in [3.8, 4) is 11.4 Å². The van der Waals surface area contributed by atoms with Crippen LogP contribution in [0, 0.1) is 0 Å². The van der Waals surface area contributed by atoms with Crippen molar-refractivity contribution in [1.82, 2.24) is 24.1 Å². The zero-order valence-electron chi connectivity index (χ0n) is 14.7. The maximum absolute atomic E-state index is 6.04. The summed E-state index contributed by atoms with van der Waals surface area (Å²) in [4.78, 5) is 4.63. The third-order valence-corrected chi connectivity index (χ3v) is 5.31. The van der Waals surface area contributed by atoms with E-state index in [1.54, 1.807) is 18.9 Å². The Labute approximate surface area is 166 Å². The van der Waals surface area contributed by atoms with Gasteiger partial charge in [-0.05, 0) is 12.1 Å². The summed E-state index contributed by atoms with van der Waals surface area (Å²) in [5.41, 5.74) is 2.88. The molecule has 0 spiro atoms. The van der Waals surface area contributed by atoms with Gasteiger partial charge in [0.15, 0.2) is 11.0 Å². The number of halogens is 1. The Balaban J connectivity index is 1.58. The van der Waals surface area contributed by atoms with Gasteiger partial charge in [0.05, 0.1) is 23.9 Å². The van der Waals surface area contributed by atoms with Gasteiger partial charge >= 0.3 is 0 Å². The van der Waals surface area contributed by atoms with E-state index in [0.717, 1.165) is 27.9 Å². The molecule has 4 aromatic rings. The van der Waals surface area contributed by atoms with Crippen molar-refractivity contribution < 1.29 is 4.74 Å². The van der Waals surface area contributed by atoms with Crippen LogP contribution in [0.25, 0.3) is 17.0 Å². The molecule has 0 amide bonds. The van der Waals surface area contributed by atoms with Crippen LogP contribution in [-0.4, -0.2) is 37.9 Å². The van der Waals surface area contributed by atoms with E-state index in [1.807, 2.05) is 59.3 Å². The zero-order valence-corrected chi connectivity index (χ0v) is 16.3. The van der Waals surface area contributed by atoms with Crippen LogP contribution in [0.5, 0.6) is 0 Å². The summed E-state index contributed by atoms with van der Waals surface area (Å²) in [7, 11) is 1.70. The molecule has 0 N–H and O–H groups in total. The third-order valence-electron chi connectivity index (χ3n) is 4.08. The van der Waals surface area contributed by atoms with Gasteiger partial charge in [0.1, 0.15) is 5.65 Å². The van der Waals surface area contributed by atoms with Gasteiger partial charge in [0, 0.05) is 30.8 Å². The lowest BCUT2D eigenvalue weighted by molar-refractivity contribution is 0.185. The summed E-state index contributed by atoms with van der Waals surface area (Å²) in [5.74, 6) is 1.54. The molecule has 0 saturated carbocycles. The second-order valence-corrected chi connectivity index (χ2v) is 7.33. The normalized spacial score (nSPS) is 11.3. The van der Waals surface area contributed by atoms with Crippen LogP contribution in [0.1, 0.15) is 5.69 Å². The fraction of sp³-hybridized carbons (Fsp3) is 0.211. The lowest BCUT2D eigenvalue weighted by atomic mass is 10.2. The molecule has 3 heterocycles. The Morgan fingerprint density at radius 2 is 1.93 bits per heavy atom. The Hall–Kier alpha value is -2.35. The summed E-state index contributed by atoms with van der Waals surface area (Å²) in [5, 5.41) is 10.3. The highest BCUT2D eigenvalue weighted by molar-refractivity contribution is 7.98. The average Bonchev–Trinajstić information content (AvgIpc) is 3.28. The highest BCUT2D eigenvalue weighted by Gasteiger charge is 2.15. The molecule has 8 heteroatoms. The van der Waals surface area contributed by atoms with Gasteiger partial charge in [-0.3, -0.25) is 4.57 Å². The van der Waals surface area contributed by atoms with Gasteiger partial charge in [-0.15, -0.1) is 10.2 Å². The fourth-order valence-corrected chi connectivity index (χ4v) is 3.82. The molecule has 0 aliphatic rings. The summed E-state index contributed by atoms with van der Waals surface area (Å²) >= 11 is 7.65. The van der Waals surface area contributed by atoms with Gasteiger partial charge in [0.25, 0.3) is 0 Å². The second kappa shape index (κ2) is 8.12. The number of ether oxygens (including phenoxy) is 1. The maximum Gasteiger partial charge on any atom is 0.191 e. The molecule has 6 nitrogen and oxygen atoms in total. The minimum absolute atomic E-state index is 0.596. The predicted octanol–water partition coefficient (Wildman–Crippen LogP) is 4.18. The van der Waals surface area contributed by atoms with Crippen molar-refractivity contribution in [3.63, 3.8) is 0 Å². The standard InChI is InChI=1S/C19H18ClN5OS/c1-26-10-9-25-18(14-5-3-2-4-6-14)22-23-19(25)27-13-16-12-24-11-15(20)7-8-17(24)21-16/h2-8,11-12H,9-10,13H2,1H3. The topological polar surface area (TPSA) is 57.2 Å². The van der Waals surface area contributed by atoms with Gasteiger partial charge < -0.3 is 9.14 Å². The van der Waals surface area contributed by atoms with Gasteiger partial charge in [0.2, 0.25) is 0 Å². The number of benzene rings is 1. The van der Waals surface area contributed by atoms with Crippen LogP contribution in [0.15, 0.2) is 60.0 Å². The third kappa shape index (κ3) is 4.00. The summed E-state index contributed by atoms with van der Waals surface area (Å²) in [6.45, 7) is 1.29. The maximum atomic E-state index is 6.04. The SMILES string of the molecule is COCCn1c(SCc2cn3cc(Cl)ccc3n2)nnc1-c1ccccc1. The first kappa shape index (κ1) is 18.0. The largest absolute Gasteiger partial charge is 0.383 e. The molecular formula is C19H18ClN5OS. The van der Waals surface area contributed by atoms with Crippen LogP contribution in [0.2, 0.25) is 5.02 Å². The van der Waals surface area contributed by atoms with Crippen LogP contribution in [-0.2, 0) is 17.0 Å². The molecular weight excluding hydrogens is 382 g/mol.